The van der Waals surface area contributed by atoms with E-state index in [1.165, 1.54) is 53.7 Å². The molecule has 0 unspecified atom stereocenters. The van der Waals surface area contributed by atoms with Gasteiger partial charge in [-0.25, -0.2) is 9.85 Å². The van der Waals surface area contributed by atoms with Gasteiger partial charge in [-0.3, -0.25) is 0 Å². The van der Waals surface area contributed by atoms with E-state index in [4.69, 9.17) is 0 Å². The second-order valence-electron chi connectivity index (χ2n) is 8.29. The quantitative estimate of drug-likeness (QED) is 0.149. The van der Waals surface area contributed by atoms with Gasteiger partial charge in [-0.2, -0.15) is 12.1 Å². The Kier molecular flexibility index (Phi) is 12.8. The van der Waals surface area contributed by atoms with Crippen molar-refractivity contribution in [1.29, 1.82) is 0 Å². The SMILES string of the molecule is Cc1cc2ccccc2[cH-]1.Cc1cc2ccccc2[cH-]1.[CH-]=[SiH2].[Zr+4].c1ccc([CH-]c2ccccc2)cc1. The Bertz CT molecular complexity index is 1240. The normalized spacial score (nSPS) is 9.39. The average Bonchev–Trinajstić information content (AvgIpc) is 3.48. The van der Waals surface area contributed by atoms with Gasteiger partial charge in [0, 0.05) is 0 Å². The van der Waals surface area contributed by atoms with Crippen LogP contribution in [0.15, 0.2) is 133 Å². The average molecular weight is 560 g/mol. The molecule has 0 aromatic heterocycles. The van der Waals surface area contributed by atoms with Crippen molar-refractivity contribution in [3.05, 3.63) is 162 Å². The van der Waals surface area contributed by atoms with Crippen LogP contribution >= 0.6 is 0 Å². The summed E-state index contributed by atoms with van der Waals surface area (Å²) in [5.41, 5.74) is 5.18. The summed E-state index contributed by atoms with van der Waals surface area (Å²) >= 11 is 0. The summed E-state index contributed by atoms with van der Waals surface area (Å²) in [5, 5.41) is 5.39. The Morgan fingerprint density at radius 1 is 0.528 bits per heavy atom. The van der Waals surface area contributed by atoms with Gasteiger partial charge in [0.25, 0.3) is 0 Å². The molecule has 0 nitrogen and oxygen atoms in total. The zero-order valence-electron chi connectivity index (χ0n) is 21.1. The first-order chi connectivity index (χ1) is 17.2. The second kappa shape index (κ2) is 15.8. The number of benzene rings is 4. The van der Waals surface area contributed by atoms with Crippen LogP contribution in [0.4, 0.5) is 0 Å². The molecular formula is C34H32SiZr. The molecule has 36 heavy (non-hydrogen) atoms. The van der Waals surface area contributed by atoms with E-state index in [0.29, 0.717) is 0 Å². The van der Waals surface area contributed by atoms with Crippen molar-refractivity contribution in [2.24, 2.45) is 0 Å². The molecule has 0 saturated carbocycles. The maximum absolute atomic E-state index is 4.53. The molecular weight excluding hydrogens is 528 g/mol. The van der Waals surface area contributed by atoms with Gasteiger partial charge in [-0.05, 0) is 0 Å². The first-order valence-corrected chi connectivity index (χ1v) is 12.6. The molecule has 0 radical (unpaired) electrons. The zero-order valence-corrected chi connectivity index (χ0v) is 24.9. The van der Waals surface area contributed by atoms with Crippen molar-refractivity contribution in [1.82, 2.24) is 0 Å². The van der Waals surface area contributed by atoms with Gasteiger partial charge in [0.15, 0.2) is 0 Å². The second-order valence-corrected chi connectivity index (χ2v) is 8.29. The molecule has 6 aromatic carbocycles. The molecule has 0 saturated heterocycles. The topological polar surface area (TPSA) is 0 Å². The summed E-state index contributed by atoms with van der Waals surface area (Å²) in [6.07, 6.45) is 6.69. The van der Waals surface area contributed by atoms with Gasteiger partial charge in [0.05, 0.1) is 0 Å². The fourth-order valence-corrected chi connectivity index (χ4v) is 3.90. The van der Waals surface area contributed by atoms with Crippen molar-refractivity contribution in [2.75, 3.05) is 0 Å². The van der Waals surface area contributed by atoms with Crippen LogP contribution in [0.25, 0.3) is 21.5 Å². The third kappa shape index (κ3) is 9.19. The summed E-state index contributed by atoms with van der Waals surface area (Å²) in [6, 6.07) is 46.3. The Morgan fingerprint density at radius 3 is 1.22 bits per heavy atom. The molecule has 176 valence electrons. The molecule has 6 rings (SSSR count). The smallest absolute Gasteiger partial charge is 0.533 e. The molecule has 0 atom stereocenters. The van der Waals surface area contributed by atoms with Crippen LogP contribution in [0.2, 0.25) is 0 Å². The Morgan fingerprint density at radius 2 is 0.861 bits per heavy atom. The maximum atomic E-state index is 4.53. The van der Waals surface area contributed by atoms with Crippen LogP contribution in [0.3, 0.4) is 0 Å². The molecule has 0 spiro atoms. The molecule has 6 aromatic rings. The molecule has 0 amide bonds. The van der Waals surface area contributed by atoms with Crippen molar-refractivity contribution in [2.45, 2.75) is 13.8 Å². The Labute approximate surface area is 238 Å². The van der Waals surface area contributed by atoms with Crippen LogP contribution in [0.1, 0.15) is 22.3 Å². The predicted molar refractivity (Wildman–Crippen MR) is 159 cm³/mol. The fraction of sp³-hybridized carbons (Fsp3) is 0.0588. The standard InChI is InChI=1S/C13H11.2C10H9.CH3Si.Zr/c1-3-7-12(8-4-1)11-13-9-5-2-6-10-13;2*1-8-6-9-4-2-3-5-10(9)7-8;1-2;/h1-11H;2*2-7H,1H3;1H,2H2;/q4*-1;+4. The van der Waals surface area contributed by atoms with Crippen molar-refractivity contribution in [3.63, 3.8) is 0 Å². The van der Waals surface area contributed by atoms with Gasteiger partial charge in [-0.15, -0.1) is 123 Å². The maximum Gasteiger partial charge on any atom is 4.00 e. The first kappa shape index (κ1) is 29.2. The van der Waals surface area contributed by atoms with Gasteiger partial charge < -0.3 is 6.17 Å². The van der Waals surface area contributed by atoms with Crippen molar-refractivity contribution >= 4 is 37.6 Å². The Hall–Kier alpha value is -3.06. The minimum Gasteiger partial charge on any atom is -0.533 e. The first-order valence-electron chi connectivity index (χ1n) is 11.8. The number of aryl methyl sites for hydroxylation is 2. The van der Waals surface area contributed by atoms with E-state index in [9.17, 15) is 0 Å². The van der Waals surface area contributed by atoms with E-state index in [2.05, 4.69) is 148 Å². The summed E-state index contributed by atoms with van der Waals surface area (Å²) < 4.78 is 0. The minimum atomic E-state index is 0. The summed E-state index contributed by atoms with van der Waals surface area (Å²) in [5.74, 6) is 0. The largest absolute Gasteiger partial charge is 4.00 e. The van der Waals surface area contributed by atoms with E-state index in [1.807, 2.05) is 12.1 Å². The zero-order chi connectivity index (χ0) is 24.9. The van der Waals surface area contributed by atoms with Crippen molar-refractivity contribution < 1.29 is 26.2 Å². The van der Waals surface area contributed by atoms with E-state index in [-0.39, 0.29) is 26.2 Å². The molecule has 0 N–H and O–H groups in total. The third-order valence-corrected chi connectivity index (χ3v) is 5.46. The van der Waals surface area contributed by atoms with Gasteiger partial charge in [-0.1, -0.05) is 62.4 Å². The molecule has 0 fully saturated rings. The van der Waals surface area contributed by atoms with Crippen molar-refractivity contribution in [3.8, 4) is 0 Å². The third-order valence-electron chi connectivity index (χ3n) is 5.46. The molecule has 0 bridgehead atoms. The van der Waals surface area contributed by atoms with E-state index < -0.39 is 0 Å². The van der Waals surface area contributed by atoms with Gasteiger partial charge in [0.2, 0.25) is 0 Å². The van der Waals surface area contributed by atoms with E-state index in [1.54, 1.807) is 0 Å². The minimum absolute atomic E-state index is 0. The Balaban J connectivity index is 0.000000183. The van der Waals surface area contributed by atoms with Crippen LogP contribution in [0, 0.1) is 20.3 Å². The van der Waals surface area contributed by atoms with Crippen LogP contribution < -0.4 is 0 Å². The van der Waals surface area contributed by atoms with Crippen LogP contribution in [-0.2, 0) is 26.2 Å². The van der Waals surface area contributed by atoms with Crippen LogP contribution in [0.5, 0.6) is 0 Å². The number of hydrogen-bond acceptors (Lipinski definition) is 0. The number of fused-ring (bicyclic) bond motifs is 2. The summed E-state index contributed by atoms with van der Waals surface area (Å²) in [6.45, 7) is 4.25. The summed E-state index contributed by atoms with van der Waals surface area (Å²) in [7, 11) is 1.36. The van der Waals surface area contributed by atoms with Crippen LogP contribution in [-0.4, -0.2) is 16.0 Å². The molecule has 0 heterocycles. The van der Waals surface area contributed by atoms with Gasteiger partial charge in [0.1, 0.15) is 0 Å². The molecule has 0 aliphatic rings. The monoisotopic (exact) mass is 558 g/mol. The van der Waals surface area contributed by atoms with Gasteiger partial charge >= 0.3 is 26.2 Å². The predicted octanol–water partition coefficient (Wildman–Crippen LogP) is 7.95. The number of rotatable bonds is 2. The van der Waals surface area contributed by atoms with E-state index >= 15 is 0 Å². The molecule has 2 heteroatoms. The summed E-state index contributed by atoms with van der Waals surface area (Å²) in [4.78, 5) is 0. The fourth-order valence-electron chi connectivity index (χ4n) is 3.90. The van der Waals surface area contributed by atoms with E-state index in [0.717, 1.165) is 0 Å². The molecule has 0 aliphatic carbocycles. The number of hydrogen-bond donors (Lipinski definition) is 0. The molecule has 0 aliphatic heterocycles.